The van der Waals surface area contributed by atoms with Crippen LogP contribution in [0.3, 0.4) is 0 Å². The van der Waals surface area contributed by atoms with Crippen LogP contribution in [0.1, 0.15) is 18.5 Å². The smallest absolute Gasteiger partial charge is 0.0485 e. The van der Waals surface area contributed by atoms with E-state index in [9.17, 15) is 0 Å². The summed E-state index contributed by atoms with van der Waals surface area (Å²) in [4.78, 5) is 0. The summed E-state index contributed by atoms with van der Waals surface area (Å²) in [7, 11) is 0. The Kier molecular flexibility index (Phi) is 3.69. The van der Waals surface area contributed by atoms with E-state index >= 15 is 0 Å². The highest BCUT2D eigenvalue weighted by Gasteiger charge is 2.04. The van der Waals surface area contributed by atoms with Gasteiger partial charge in [0.15, 0.2) is 0 Å². The van der Waals surface area contributed by atoms with Crippen molar-refractivity contribution in [2.45, 2.75) is 13.0 Å². The van der Waals surface area contributed by atoms with E-state index in [0.717, 1.165) is 15.8 Å². The van der Waals surface area contributed by atoms with Crippen LogP contribution in [0.15, 0.2) is 53.0 Å². The lowest BCUT2D eigenvalue weighted by molar-refractivity contribution is 0.884. The number of rotatable bonds is 3. The summed E-state index contributed by atoms with van der Waals surface area (Å²) >= 11 is 3.44. The molecule has 0 fully saturated rings. The van der Waals surface area contributed by atoms with Crippen LogP contribution in [-0.4, -0.2) is 0 Å². The summed E-state index contributed by atoms with van der Waals surface area (Å²) in [6.45, 7) is 2.14. The van der Waals surface area contributed by atoms with Gasteiger partial charge in [0, 0.05) is 21.9 Å². The van der Waals surface area contributed by atoms with Crippen LogP contribution >= 0.6 is 15.9 Å². The fourth-order valence-electron chi connectivity index (χ4n) is 1.66. The van der Waals surface area contributed by atoms with Crippen molar-refractivity contribution in [2.24, 2.45) is 0 Å². The lowest BCUT2D eigenvalue weighted by Crippen LogP contribution is -2.06. The van der Waals surface area contributed by atoms with Gasteiger partial charge in [-0.25, -0.2) is 0 Å². The first-order chi connectivity index (χ1) is 8.15. The van der Waals surface area contributed by atoms with Gasteiger partial charge >= 0.3 is 0 Å². The maximum atomic E-state index is 5.65. The summed E-state index contributed by atoms with van der Waals surface area (Å²) in [5.41, 5.74) is 8.77. The van der Waals surface area contributed by atoms with Crippen molar-refractivity contribution in [3.05, 3.63) is 58.6 Å². The topological polar surface area (TPSA) is 38.0 Å². The summed E-state index contributed by atoms with van der Waals surface area (Å²) in [6, 6.07) is 16.4. The van der Waals surface area contributed by atoms with Crippen molar-refractivity contribution >= 4 is 27.3 Å². The molecule has 2 aromatic carbocycles. The van der Waals surface area contributed by atoms with Gasteiger partial charge < -0.3 is 11.1 Å². The summed E-state index contributed by atoms with van der Waals surface area (Å²) < 4.78 is 1.10. The van der Waals surface area contributed by atoms with Crippen LogP contribution in [0, 0.1) is 0 Å². The van der Waals surface area contributed by atoms with Crippen LogP contribution in [0.5, 0.6) is 0 Å². The van der Waals surface area contributed by atoms with E-state index < -0.39 is 0 Å². The molecule has 0 bridgehead atoms. The first-order valence-electron chi connectivity index (χ1n) is 5.53. The highest BCUT2D eigenvalue weighted by atomic mass is 79.9. The molecule has 2 rings (SSSR count). The average Bonchev–Trinajstić information content (AvgIpc) is 2.33. The first-order valence-corrected chi connectivity index (χ1v) is 6.32. The maximum Gasteiger partial charge on any atom is 0.0485 e. The van der Waals surface area contributed by atoms with Crippen LogP contribution in [0.25, 0.3) is 0 Å². The van der Waals surface area contributed by atoms with E-state index in [1.165, 1.54) is 5.56 Å². The predicted octanol–water partition coefficient (Wildman–Crippen LogP) is 4.20. The van der Waals surface area contributed by atoms with Crippen molar-refractivity contribution in [1.29, 1.82) is 0 Å². The molecular weight excluding hydrogens is 276 g/mol. The molecule has 1 atom stereocenters. The zero-order chi connectivity index (χ0) is 12.3. The van der Waals surface area contributed by atoms with E-state index in [2.05, 4.69) is 52.4 Å². The number of halogens is 1. The molecule has 0 aromatic heterocycles. The second-order valence-corrected chi connectivity index (χ2v) is 4.96. The Morgan fingerprint density at radius 1 is 1.00 bits per heavy atom. The standard InChI is InChI=1S/C14H15BrN2/c1-10(11-2-4-12(15)5-3-11)17-14-8-6-13(16)7-9-14/h2-10,17H,16H2,1H3. The quantitative estimate of drug-likeness (QED) is 0.831. The minimum Gasteiger partial charge on any atom is -0.399 e. The van der Waals surface area contributed by atoms with Crippen molar-refractivity contribution in [2.75, 3.05) is 11.1 Å². The van der Waals surface area contributed by atoms with E-state index in [-0.39, 0.29) is 6.04 Å². The number of nitrogens with two attached hydrogens (primary N) is 1. The van der Waals surface area contributed by atoms with Crippen molar-refractivity contribution in [3.8, 4) is 0 Å². The van der Waals surface area contributed by atoms with Crippen LogP contribution in [0.4, 0.5) is 11.4 Å². The fourth-order valence-corrected chi connectivity index (χ4v) is 1.93. The van der Waals surface area contributed by atoms with Gasteiger partial charge in [-0.3, -0.25) is 0 Å². The Labute approximate surface area is 110 Å². The maximum absolute atomic E-state index is 5.65. The molecule has 3 heteroatoms. The van der Waals surface area contributed by atoms with E-state index in [4.69, 9.17) is 5.73 Å². The highest BCUT2D eigenvalue weighted by Crippen LogP contribution is 2.21. The van der Waals surface area contributed by atoms with Gasteiger partial charge in [-0.1, -0.05) is 28.1 Å². The Morgan fingerprint density at radius 2 is 1.59 bits per heavy atom. The van der Waals surface area contributed by atoms with Crippen molar-refractivity contribution in [1.82, 2.24) is 0 Å². The SMILES string of the molecule is CC(Nc1ccc(N)cc1)c1ccc(Br)cc1. The monoisotopic (exact) mass is 290 g/mol. The fraction of sp³-hybridized carbons (Fsp3) is 0.143. The molecule has 0 aliphatic rings. The third kappa shape index (κ3) is 3.24. The molecule has 0 heterocycles. The molecule has 0 aliphatic carbocycles. The van der Waals surface area contributed by atoms with Gasteiger partial charge in [-0.05, 0) is 48.9 Å². The Balaban J connectivity index is 2.08. The van der Waals surface area contributed by atoms with Crippen LogP contribution in [-0.2, 0) is 0 Å². The molecule has 1 unspecified atom stereocenters. The molecule has 2 aromatic rings. The third-order valence-corrected chi connectivity index (χ3v) is 3.19. The van der Waals surface area contributed by atoms with Gasteiger partial charge in [0.05, 0.1) is 0 Å². The lowest BCUT2D eigenvalue weighted by atomic mass is 10.1. The highest BCUT2D eigenvalue weighted by molar-refractivity contribution is 9.10. The molecule has 0 aliphatic heterocycles. The average molecular weight is 291 g/mol. The first kappa shape index (κ1) is 12.0. The molecule has 0 saturated heterocycles. The molecule has 0 radical (unpaired) electrons. The molecule has 88 valence electrons. The van der Waals surface area contributed by atoms with Gasteiger partial charge in [-0.2, -0.15) is 0 Å². The molecule has 0 amide bonds. The Hall–Kier alpha value is -1.48. The Bertz CT molecular complexity index is 477. The summed E-state index contributed by atoms with van der Waals surface area (Å²) in [6.07, 6.45) is 0. The molecular formula is C14H15BrN2. The van der Waals surface area contributed by atoms with E-state index in [1.807, 2.05) is 24.3 Å². The molecule has 0 saturated carbocycles. The zero-order valence-electron chi connectivity index (χ0n) is 9.65. The second kappa shape index (κ2) is 5.23. The molecule has 3 N–H and O–H groups in total. The van der Waals surface area contributed by atoms with Gasteiger partial charge in [0.2, 0.25) is 0 Å². The number of hydrogen-bond donors (Lipinski definition) is 2. The number of hydrogen-bond acceptors (Lipinski definition) is 2. The molecule has 0 spiro atoms. The van der Waals surface area contributed by atoms with Crippen molar-refractivity contribution < 1.29 is 0 Å². The second-order valence-electron chi connectivity index (χ2n) is 4.04. The van der Waals surface area contributed by atoms with E-state index in [1.54, 1.807) is 0 Å². The number of benzene rings is 2. The van der Waals surface area contributed by atoms with Crippen LogP contribution < -0.4 is 11.1 Å². The number of anilines is 2. The lowest BCUT2D eigenvalue weighted by Gasteiger charge is -2.15. The Morgan fingerprint density at radius 3 is 2.18 bits per heavy atom. The number of nitrogens with one attached hydrogen (secondary N) is 1. The van der Waals surface area contributed by atoms with Gasteiger partial charge in [0.1, 0.15) is 0 Å². The molecule has 2 nitrogen and oxygen atoms in total. The largest absolute Gasteiger partial charge is 0.399 e. The van der Waals surface area contributed by atoms with Gasteiger partial charge in [0.25, 0.3) is 0 Å². The van der Waals surface area contributed by atoms with Crippen LogP contribution in [0.2, 0.25) is 0 Å². The third-order valence-electron chi connectivity index (χ3n) is 2.66. The summed E-state index contributed by atoms with van der Waals surface area (Å²) in [5.74, 6) is 0. The zero-order valence-corrected chi connectivity index (χ0v) is 11.2. The predicted molar refractivity (Wildman–Crippen MR) is 77.0 cm³/mol. The van der Waals surface area contributed by atoms with Crippen molar-refractivity contribution in [3.63, 3.8) is 0 Å². The van der Waals surface area contributed by atoms with Gasteiger partial charge in [-0.15, -0.1) is 0 Å². The minimum atomic E-state index is 0.270. The summed E-state index contributed by atoms with van der Waals surface area (Å²) in [5, 5.41) is 3.43. The normalized spacial score (nSPS) is 12.1. The molecule has 17 heavy (non-hydrogen) atoms. The number of nitrogen functional groups attached to an aromatic ring is 1. The van der Waals surface area contributed by atoms with E-state index in [0.29, 0.717) is 0 Å². The minimum absolute atomic E-state index is 0.270.